The summed E-state index contributed by atoms with van der Waals surface area (Å²) >= 11 is 0. The van der Waals surface area contributed by atoms with Crippen LogP contribution < -0.4 is 15.2 Å². The van der Waals surface area contributed by atoms with E-state index in [-0.39, 0.29) is 31.9 Å². The first-order chi connectivity index (χ1) is 18.0. The summed E-state index contributed by atoms with van der Waals surface area (Å²) in [6, 6.07) is 16.4. The molecule has 0 bridgehead atoms. The van der Waals surface area contributed by atoms with E-state index in [9.17, 15) is 23.2 Å². The molecule has 0 aliphatic carbocycles. The molecule has 1 aliphatic heterocycles. The number of fused-ring (bicyclic) bond motifs is 1. The maximum atomic E-state index is 13.1. The Kier molecular flexibility index (Phi) is 7.86. The molecule has 1 atom stereocenters. The number of hydrogen-bond donors (Lipinski definition) is 2. The van der Waals surface area contributed by atoms with Gasteiger partial charge in [0.15, 0.2) is 0 Å². The van der Waals surface area contributed by atoms with Gasteiger partial charge >= 0.3 is 0 Å². The zero-order valence-corrected chi connectivity index (χ0v) is 22.0. The Morgan fingerprint density at radius 3 is 2.61 bits per heavy atom. The van der Waals surface area contributed by atoms with Crippen LogP contribution in [0.5, 0.6) is 11.6 Å². The van der Waals surface area contributed by atoms with Crippen molar-refractivity contribution >= 4 is 32.6 Å². The predicted octanol–water partition coefficient (Wildman–Crippen LogP) is 1.47. The average molecular weight is 543 g/mol. The molecular formula is C26H30N4O7S. The summed E-state index contributed by atoms with van der Waals surface area (Å²) in [5.41, 5.74) is 7.42. The largest absolute Gasteiger partial charge is 0.489 e. The van der Waals surface area contributed by atoms with Gasteiger partial charge in [-0.3, -0.25) is 14.8 Å². The maximum absolute atomic E-state index is 13.1. The normalized spacial score (nSPS) is 17.6. The van der Waals surface area contributed by atoms with E-state index < -0.39 is 33.7 Å². The van der Waals surface area contributed by atoms with Crippen LogP contribution >= 0.6 is 0 Å². The Balaban J connectivity index is 1.40. The maximum Gasteiger partial charge on any atom is 0.265 e. The number of nitrogens with zero attached hydrogens (tertiary/aromatic N) is 3. The number of carbonyl (C=O) groups is 2. The van der Waals surface area contributed by atoms with Crippen LogP contribution in [-0.4, -0.2) is 79.1 Å². The van der Waals surface area contributed by atoms with Crippen LogP contribution in [0, 0.1) is 0 Å². The van der Waals surface area contributed by atoms with Crippen LogP contribution in [0.3, 0.4) is 0 Å². The van der Waals surface area contributed by atoms with Crippen LogP contribution in [0.4, 0.5) is 0 Å². The van der Waals surface area contributed by atoms with E-state index in [1.54, 1.807) is 31.4 Å². The summed E-state index contributed by atoms with van der Waals surface area (Å²) in [6.07, 6.45) is 1.28. The fraction of sp³-hybridized carbons (Fsp3) is 0.346. The molecule has 0 saturated carbocycles. The number of ether oxygens (including phenoxy) is 2. The second-order valence-corrected chi connectivity index (χ2v) is 11.5. The second kappa shape index (κ2) is 10.9. The topological polar surface area (TPSA) is 152 Å². The summed E-state index contributed by atoms with van der Waals surface area (Å²) in [5, 5.41) is 11.1. The third-order valence-corrected chi connectivity index (χ3v) is 7.41. The van der Waals surface area contributed by atoms with Gasteiger partial charge in [-0.25, -0.2) is 18.5 Å². The van der Waals surface area contributed by atoms with Crippen molar-refractivity contribution < 1.29 is 32.7 Å². The van der Waals surface area contributed by atoms with Crippen LogP contribution in [-0.2, 0) is 31.6 Å². The zero-order chi connectivity index (χ0) is 27.5. The Hall–Kier alpha value is -3.74. The van der Waals surface area contributed by atoms with Gasteiger partial charge in [-0.2, -0.15) is 0 Å². The van der Waals surface area contributed by atoms with Crippen LogP contribution in [0.1, 0.15) is 17.5 Å². The molecule has 12 heteroatoms. The van der Waals surface area contributed by atoms with E-state index >= 15 is 0 Å². The molecular weight excluding hydrogens is 512 g/mol. The zero-order valence-electron chi connectivity index (χ0n) is 21.2. The molecule has 1 aromatic heterocycles. The van der Waals surface area contributed by atoms with Crippen molar-refractivity contribution in [2.75, 3.05) is 38.8 Å². The van der Waals surface area contributed by atoms with Crippen molar-refractivity contribution in [2.45, 2.75) is 18.6 Å². The van der Waals surface area contributed by atoms with Gasteiger partial charge in [0.1, 0.15) is 34.3 Å². The molecule has 38 heavy (non-hydrogen) atoms. The van der Waals surface area contributed by atoms with E-state index in [4.69, 9.17) is 15.2 Å². The van der Waals surface area contributed by atoms with Crippen LogP contribution in [0.2, 0.25) is 0 Å². The SMILES string of the molecule is COc1cc(COc2ccc([C@]3(N)CCN(CC(=O)N(O)CCS(C)(=O)=O)C3=O)cc2)c2ccccc2n1. The van der Waals surface area contributed by atoms with Gasteiger partial charge < -0.3 is 20.1 Å². The molecule has 11 nitrogen and oxygen atoms in total. The smallest absolute Gasteiger partial charge is 0.265 e. The van der Waals surface area contributed by atoms with Crippen molar-refractivity contribution in [1.29, 1.82) is 0 Å². The molecule has 1 aliphatic rings. The van der Waals surface area contributed by atoms with Gasteiger partial charge in [0, 0.05) is 29.8 Å². The highest BCUT2D eigenvalue weighted by Crippen LogP contribution is 2.32. The van der Waals surface area contributed by atoms with Gasteiger partial charge in [-0.1, -0.05) is 30.3 Å². The second-order valence-electron chi connectivity index (χ2n) is 9.25. The number of methoxy groups -OCH3 is 1. The van der Waals surface area contributed by atoms with Crippen molar-refractivity contribution in [3.05, 3.63) is 65.7 Å². The molecule has 0 radical (unpaired) electrons. The lowest BCUT2D eigenvalue weighted by molar-refractivity contribution is -0.166. The lowest BCUT2D eigenvalue weighted by atomic mass is 9.89. The quantitative estimate of drug-likeness (QED) is 0.286. The van der Waals surface area contributed by atoms with E-state index in [0.717, 1.165) is 22.7 Å². The van der Waals surface area contributed by atoms with Gasteiger partial charge in [0.25, 0.3) is 5.91 Å². The Morgan fingerprint density at radius 1 is 1.21 bits per heavy atom. The molecule has 2 amide bonds. The van der Waals surface area contributed by atoms with Crippen molar-refractivity contribution in [3.8, 4) is 11.6 Å². The summed E-state index contributed by atoms with van der Waals surface area (Å²) in [5.74, 6) is -0.549. The van der Waals surface area contributed by atoms with E-state index in [0.29, 0.717) is 22.3 Å². The number of para-hydroxylation sites is 1. The summed E-state index contributed by atoms with van der Waals surface area (Å²) in [4.78, 5) is 31.1. The first-order valence-corrected chi connectivity index (χ1v) is 14.0. The third kappa shape index (κ3) is 6.04. The molecule has 202 valence electrons. The minimum Gasteiger partial charge on any atom is -0.489 e. The number of pyridine rings is 1. The highest BCUT2D eigenvalue weighted by atomic mass is 32.2. The highest BCUT2D eigenvalue weighted by Gasteiger charge is 2.45. The van der Waals surface area contributed by atoms with Gasteiger partial charge in [0.2, 0.25) is 11.8 Å². The van der Waals surface area contributed by atoms with Gasteiger partial charge in [-0.15, -0.1) is 0 Å². The molecule has 1 saturated heterocycles. The van der Waals surface area contributed by atoms with Gasteiger partial charge in [0.05, 0.1) is 24.9 Å². The lowest BCUT2D eigenvalue weighted by Gasteiger charge is -2.25. The van der Waals surface area contributed by atoms with Crippen molar-refractivity contribution in [3.63, 3.8) is 0 Å². The molecule has 2 heterocycles. The molecule has 2 aromatic carbocycles. The minimum absolute atomic E-state index is 0.218. The van der Waals surface area contributed by atoms with E-state index in [1.165, 1.54) is 4.90 Å². The average Bonchev–Trinajstić information content (AvgIpc) is 3.19. The van der Waals surface area contributed by atoms with Crippen molar-refractivity contribution in [1.82, 2.24) is 14.9 Å². The van der Waals surface area contributed by atoms with Crippen LogP contribution in [0.15, 0.2) is 54.6 Å². The monoisotopic (exact) mass is 542 g/mol. The first-order valence-electron chi connectivity index (χ1n) is 11.9. The third-order valence-electron chi connectivity index (χ3n) is 6.48. The van der Waals surface area contributed by atoms with E-state index in [2.05, 4.69) is 4.98 Å². The van der Waals surface area contributed by atoms with Crippen molar-refractivity contribution in [2.24, 2.45) is 5.73 Å². The summed E-state index contributed by atoms with van der Waals surface area (Å²) in [7, 11) is -1.80. The Morgan fingerprint density at radius 2 is 1.92 bits per heavy atom. The lowest BCUT2D eigenvalue weighted by Crippen LogP contribution is -2.48. The number of sulfone groups is 1. The summed E-state index contributed by atoms with van der Waals surface area (Å²) in [6.45, 7) is -0.284. The fourth-order valence-electron chi connectivity index (χ4n) is 4.30. The Bertz CT molecular complexity index is 1450. The first kappa shape index (κ1) is 27.3. The molecule has 1 fully saturated rings. The van der Waals surface area contributed by atoms with Crippen LogP contribution in [0.25, 0.3) is 10.9 Å². The molecule has 0 unspecified atom stereocenters. The summed E-state index contributed by atoms with van der Waals surface area (Å²) < 4.78 is 33.8. The molecule has 3 N–H and O–H groups in total. The number of hydroxylamine groups is 2. The number of amides is 2. The predicted molar refractivity (Wildman–Crippen MR) is 139 cm³/mol. The number of nitrogens with two attached hydrogens (primary N) is 1. The number of likely N-dealkylation sites (tertiary alicyclic amines) is 1. The highest BCUT2D eigenvalue weighted by molar-refractivity contribution is 7.90. The van der Waals surface area contributed by atoms with Gasteiger partial charge in [-0.05, 0) is 30.2 Å². The van der Waals surface area contributed by atoms with E-state index in [1.807, 2.05) is 30.3 Å². The Labute approximate surface area is 220 Å². The number of benzene rings is 2. The number of hydrogen-bond acceptors (Lipinski definition) is 9. The molecule has 0 spiro atoms. The molecule has 3 aromatic rings. The number of aromatic nitrogens is 1. The number of rotatable bonds is 10. The fourth-order valence-corrected chi connectivity index (χ4v) is 4.80. The minimum atomic E-state index is -3.36. The molecule has 4 rings (SSSR count). The number of carbonyl (C=O) groups excluding carboxylic acids is 2. The standard InChI is InChI=1S/C26H30N4O7S/c1-36-23-15-18(21-5-3-4-6-22(21)28-23)17-37-20-9-7-19(8-10-20)26(27)11-12-29(25(26)32)16-24(31)30(33)13-14-38(2,34)35/h3-10,15,33H,11-14,16-17,27H2,1-2H3/t26-/m1/s1.